The van der Waals surface area contributed by atoms with Crippen LogP contribution >= 0.6 is 23.2 Å². The molecule has 1 unspecified atom stereocenters. The summed E-state index contributed by atoms with van der Waals surface area (Å²) in [4.78, 5) is 4.32. The van der Waals surface area contributed by atoms with Gasteiger partial charge in [0.15, 0.2) is 5.96 Å². The van der Waals surface area contributed by atoms with E-state index in [0.717, 1.165) is 17.8 Å². The molecule has 0 aliphatic heterocycles. The first kappa shape index (κ1) is 17.6. The summed E-state index contributed by atoms with van der Waals surface area (Å²) in [6, 6.07) is 5.32. The van der Waals surface area contributed by atoms with E-state index in [2.05, 4.69) is 20.5 Å². The first-order valence-electron chi connectivity index (χ1n) is 7.39. The molecule has 1 aromatic carbocycles. The van der Waals surface area contributed by atoms with Crippen molar-refractivity contribution < 1.29 is 0 Å². The molecule has 1 aromatic heterocycles. The topological polar surface area (TPSA) is 81.1 Å². The van der Waals surface area contributed by atoms with E-state index in [1.54, 1.807) is 18.5 Å². The fourth-order valence-corrected chi connectivity index (χ4v) is 2.79. The predicted molar refractivity (Wildman–Crippen MR) is 93.9 cm³/mol. The summed E-state index contributed by atoms with van der Waals surface area (Å²) in [5.41, 5.74) is 6.85. The summed E-state index contributed by atoms with van der Waals surface area (Å²) in [6.07, 6.45) is 2.54. The van der Waals surface area contributed by atoms with Gasteiger partial charge in [-0.25, -0.2) is 0 Å². The van der Waals surface area contributed by atoms with Crippen molar-refractivity contribution in [1.82, 2.24) is 20.1 Å². The summed E-state index contributed by atoms with van der Waals surface area (Å²) in [7, 11) is 0. The minimum atomic E-state index is -0.0652. The van der Waals surface area contributed by atoms with E-state index in [1.165, 1.54) is 0 Å². The molecule has 2 rings (SSSR count). The molecule has 0 saturated heterocycles. The van der Waals surface area contributed by atoms with Crippen LogP contribution in [-0.4, -0.2) is 27.3 Å². The van der Waals surface area contributed by atoms with Gasteiger partial charge in [0.05, 0.1) is 12.6 Å². The van der Waals surface area contributed by atoms with E-state index >= 15 is 0 Å². The summed E-state index contributed by atoms with van der Waals surface area (Å²) < 4.78 is 1.97. The molecule has 0 saturated carbocycles. The van der Waals surface area contributed by atoms with Crippen molar-refractivity contribution in [3.8, 4) is 0 Å². The van der Waals surface area contributed by atoms with Gasteiger partial charge in [-0.1, -0.05) is 36.2 Å². The predicted octanol–water partition coefficient (Wildman–Crippen LogP) is 2.81. The third-order valence-electron chi connectivity index (χ3n) is 3.43. The minimum Gasteiger partial charge on any atom is -0.370 e. The second-order valence-electron chi connectivity index (χ2n) is 5.09. The van der Waals surface area contributed by atoms with E-state index in [0.29, 0.717) is 29.1 Å². The Bertz CT molecular complexity index is 682. The average molecular weight is 355 g/mol. The van der Waals surface area contributed by atoms with E-state index < -0.39 is 0 Å². The quantitative estimate of drug-likeness (QED) is 0.617. The molecule has 3 N–H and O–H groups in total. The van der Waals surface area contributed by atoms with Gasteiger partial charge in [-0.05, 0) is 24.6 Å². The summed E-state index contributed by atoms with van der Waals surface area (Å²) in [5.74, 6) is 1.31. The number of rotatable bonds is 6. The third kappa shape index (κ3) is 4.84. The van der Waals surface area contributed by atoms with Gasteiger partial charge in [0.2, 0.25) is 0 Å². The van der Waals surface area contributed by atoms with Gasteiger partial charge in [0.1, 0.15) is 12.2 Å². The molecular weight excluding hydrogens is 335 g/mol. The molecule has 23 heavy (non-hydrogen) atoms. The molecule has 124 valence electrons. The van der Waals surface area contributed by atoms with Crippen LogP contribution < -0.4 is 11.1 Å². The lowest BCUT2D eigenvalue weighted by atomic mass is 10.1. The van der Waals surface area contributed by atoms with Crippen LogP contribution in [0, 0.1) is 0 Å². The Morgan fingerprint density at radius 1 is 1.43 bits per heavy atom. The molecule has 0 spiro atoms. The molecule has 2 aromatic rings. The highest BCUT2D eigenvalue weighted by Crippen LogP contribution is 2.25. The smallest absolute Gasteiger partial charge is 0.189 e. The maximum Gasteiger partial charge on any atom is 0.189 e. The number of aryl methyl sites for hydroxylation is 1. The Morgan fingerprint density at radius 3 is 2.91 bits per heavy atom. The van der Waals surface area contributed by atoms with Gasteiger partial charge in [-0.15, -0.1) is 10.2 Å². The number of nitrogens with one attached hydrogen (secondary N) is 1. The average Bonchev–Trinajstić information content (AvgIpc) is 2.94. The van der Waals surface area contributed by atoms with E-state index in [-0.39, 0.29) is 6.04 Å². The van der Waals surface area contributed by atoms with Gasteiger partial charge in [0.25, 0.3) is 0 Å². The van der Waals surface area contributed by atoms with Crippen LogP contribution in [0.15, 0.2) is 29.5 Å². The van der Waals surface area contributed by atoms with Gasteiger partial charge in [-0.3, -0.25) is 4.99 Å². The molecule has 1 heterocycles. The number of hydrogen-bond acceptors (Lipinski definition) is 3. The molecule has 0 radical (unpaired) electrons. The van der Waals surface area contributed by atoms with Gasteiger partial charge in [-0.2, -0.15) is 0 Å². The van der Waals surface area contributed by atoms with Gasteiger partial charge < -0.3 is 15.6 Å². The zero-order chi connectivity index (χ0) is 16.8. The highest BCUT2D eigenvalue weighted by molar-refractivity contribution is 6.35. The zero-order valence-electron chi connectivity index (χ0n) is 13.1. The zero-order valence-corrected chi connectivity index (χ0v) is 14.6. The van der Waals surface area contributed by atoms with E-state index in [1.807, 2.05) is 24.5 Å². The highest BCUT2D eigenvalue weighted by Gasteiger charge is 2.10. The number of aromatic nitrogens is 3. The van der Waals surface area contributed by atoms with Crippen molar-refractivity contribution in [2.45, 2.75) is 32.9 Å². The first-order chi connectivity index (χ1) is 11.0. The van der Waals surface area contributed by atoms with Crippen molar-refractivity contribution >= 4 is 29.2 Å². The molecule has 1 atom stereocenters. The molecule has 0 amide bonds. The second-order valence-corrected chi connectivity index (χ2v) is 5.94. The lowest BCUT2D eigenvalue weighted by Gasteiger charge is -2.16. The Morgan fingerprint density at radius 2 is 2.22 bits per heavy atom. The van der Waals surface area contributed by atoms with E-state index in [4.69, 9.17) is 28.9 Å². The van der Waals surface area contributed by atoms with Crippen LogP contribution in [0.1, 0.15) is 31.3 Å². The fraction of sp³-hybridized carbons (Fsp3) is 0.400. The number of hydrogen-bond donors (Lipinski definition) is 2. The molecule has 8 heteroatoms. The largest absolute Gasteiger partial charge is 0.370 e. The van der Waals surface area contributed by atoms with Gasteiger partial charge >= 0.3 is 0 Å². The molecule has 0 fully saturated rings. The lowest BCUT2D eigenvalue weighted by molar-refractivity contribution is 0.657. The van der Waals surface area contributed by atoms with Crippen molar-refractivity contribution in [3.63, 3.8) is 0 Å². The van der Waals surface area contributed by atoms with E-state index in [9.17, 15) is 0 Å². The fourth-order valence-electron chi connectivity index (χ4n) is 2.22. The van der Waals surface area contributed by atoms with Crippen LogP contribution in [0.5, 0.6) is 0 Å². The first-order valence-corrected chi connectivity index (χ1v) is 8.15. The van der Waals surface area contributed by atoms with Crippen molar-refractivity contribution in [1.29, 1.82) is 0 Å². The number of nitrogens with zero attached hydrogens (tertiary/aromatic N) is 4. The van der Waals surface area contributed by atoms with Crippen molar-refractivity contribution in [2.24, 2.45) is 10.7 Å². The Kier molecular flexibility index (Phi) is 6.24. The molecule has 0 bridgehead atoms. The number of halogens is 2. The van der Waals surface area contributed by atoms with Crippen LogP contribution in [0.25, 0.3) is 0 Å². The van der Waals surface area contributed by atoms with Crippen molar-refractivity contribution in [2.75, 3.05) is 6.54 Å². The Hall–Kier alpha value is -1.79. The van der Waals surface area contributed by atoms with Gasteiger partial charge in [0, 0.05) is 23.0 Å². The third-order valence-corrected chi connectivity index (χ3v) is 3.99. The molecular formula is C15H20Cl2N6. The Labute approximate surface area is 145 Å². The maximum absolute atomic E-state index is 6.19. The van der Waals surface area contributed by atoms with Crippen LogP contribution in [0.3, 0.4) is 0 Å². The number of nitrogens with two attached hydrogens (primary N) is 1. The standard InChI is InChI=1S/C15H20Cl2N6/c1-3-14-22-20-9-23(14)7-6-19-15(18)21-10(2)12-5-4-11(16)8-13(12)17/h4-5,8-10H,3,6-7H2,1-2H3,(H3,18,19,21). The number of benzene rings is 1. The molecule has 6 nitrogen and oxygen atoms in total. The number of aliphatic imine (C=N–C) groups is 1. The second kappa shape index (κ2) is 8.17. The Balaban J connectivity index is 1.91. The number of guanidine groups is 1. The maximum atomic E-state index is 6.19. The summed E-state index contributed by atoms with van der Waals surface area (Å²) in [6.45, 7) is 5.24. The summed E-state index contributed by atoms with van der Waals surface area (Å²) >= 11 is 12.1. The highest BCUT2D eigenvalue weighted by atomic mass is 35.5. The normalized spacial score (nSPS) is 13.1. The van der Waals surface area contributed by atoms with Crippen LogP contribution in [0.2, 0.25) is 10.0 Å². The minimum absolute atomic E-state index is 0.0652. The van der Waals surface area contributed by atoms with Crippen LogP contribution in [0.4, 0.5) is 0 Å². The van der Waals surface area contributed by atoms with Crippen molar-refractivity contribution in [3.05, 3.63) is 46.0 Å². The van der Waals surface area contributed by atoms with Crippen LogP contribution in [-0.2, 0) is 13.0 Å². The molecule has 0 aliphatic carbocycles. The monoisotopic (exact) mass is 354 g/mol. The molecule has 0 aliphatic rings. The summed E-state index contributed by atoms with van der Waals surface area (Å²) in [5, 5.41) is 12.2. The lowest BCUT2D eigenvalue weighted by Crippen LogP contribution is -2.34. The SMILES string of the molecule is CCc1nncn1CCN=C(N)NC(C)c1ccc(Cl)cc1Cl.